The van der Waals surface area contributed by atoms with Crippen LogP contribution in [0.3, 0.4) is 0 Å². The Morgan fingerprint density at radius 2 is 1.92 bits per heavy atom. The van der Waals surface area contributed by atoms with Crippen LogP contribution in [0.5, 0.6) is 11.5 Å². The van der Waals surface area contributed by atoms with Crippen LogP contribution in [-0.4, -0.2) is 16.5 Å². The lowest BCUT2D eigenvalue weighted by molar-refractivity contribution is 0.104. The Bertz CT molecular complexity index is 929. The summed E-state index contributed by atoms with van der Waals surface area (Å²) in [6, 6.07) is 12.2. The van der Waals surface area contributed by atoms with Crippen molar-refractivity contribution >= 4 is 17.9 Å². The number of allylic oxidation sites excluding steroid dienone is 1. The van der Waals surface area contributed by atoms with Gasteiger partial charge in [-0.2, -0.15) is 5.26 Å². The largest absolute Gasteiger partial charge is 0.506 e. The van der Waals surface area contributed by atoms with Crippen LogP contribution < -0.4 is 4.74 Å². The van der Waals surface area contributed by atoms with Gasteiger partial charge in [-0.1, -0.05) is 18.2 Å². The lowest BCUT2D eigenvalue weighted by atomic mass is 9.98. The predicted molar refractivity (Wildman–Crippen MR) is 96.4 cm³/mol. The first-order valence-corrected chi connectivity index (χ1v) is 7.86. The summed E-state index contributed by atoms with van der Waals surface area (Å²) >= 11 is 0. The number of hydrogen-bond donors (Lipinski definition) is 1. The summed E-state index contributed by atoms with van der Waals surface area (Å²) in [5, 5.41) is 19.2. The fourth-order valence-electron chi connectivity index (χ4n) is 2.57. The number of benzene rings is 2. The van der Waals surface area contributed by atoms with E-state index < -0.39 is 5.60 Å². The van der Waals surface area contributed by atoms with E-state index in [-0.39, 0.29) is 17.1 Å². The third-order valence-electron chi connectivity index (χ3n) is 3.93. The molecule has 0 atom stereocenters. The topological polar surface area (TPSA) is 70.3 Å². The van der Waals surface area contributed by atoms with Crippen LogP contribution in [0.25, 0.3) is 12.2 Å². The molecule has 0 radical (unpaired) electrons. The molecule has 1 aliphatic rings. The van der Waals surface area contributed by atoms with E-state index in [1.165, 1.54) is 6.08 Å². The Morgan fingerprint density at radius 3 is 2.60 bits per heavy atom. The maximum absolute atomic E-state index is 12.4. The average molecular weight is 331 g/mol. The maximum Gasteiger partial charge on any atom is 0.189 e. The first-order valence-electron chi connectivity index (χ1n) is 7.86. The van der Waals surface area contributed by atoms with Gasteiger partial charge in [0.2, 0.25) is 0 Å². The number of nitrogens with zero attached hydrogens (tertiary/aromatic N) is 1. The highest BCUT2D eigenvalue weighted by Crippen LogP contribution is 2.38. The van der Waals surface area contributed by atoms with E-state index in [0.717, 1.165) is 5.56 Å². The van der Waals surface area contributed by atoms with Gasteiger partial charge in [0.25, 0.3) is 0 Å². The fraction of sp³-hybridized carbons (Fsp3) is 0.143. The summed E-state index contributed by atoms with van der Waals surface area (Å²) in [5.74, 6) is 0.166. The number of carbonyl (C=O) groups is 1. The molecule has 0 bridgehead atoms. The zero-order chi connectivity index (χ0) is 18.0. The Kier molecular flexibility index (Phi) is 4.16. The Balaban J connectivity index is 1.85. The minimum absolute atomic E-state index is 0.0845. The molecule has 0 aromatic heterocycles. The minimum atomic E-state index is -0.444. The van der Waals surface area contributed by atoms with Crippen LogP contribution in [0.4, 0.5) is 0 Å². The highest BCUT2D eigenvalue weighted by molar-refractivity contribution is 6.09. The maximum atomic E-state index is 12.4. The van der Waals surface area contributed by atoms with Gasteiger partial charge in [-0.25, -0.2) is 0 Å². The van der Waals surface area contributed by atoms with Gasteiger partial charge in [0.05, 0.1) is 22.8 Å². The van der Waals surface area contributed by atoms with E-state index in [9.17, 15) is 9.90 Å². The van der Waals surface area contributed by atoms with Crippen LogP contribution in [0.2, 0.25) is 0 Å². The van der Waals surface area contributed by atoms with Crippen LogP contribution >= 0.6 is 0 Å². The number of phenols is 1. The van der Waals surface area contributed by atoms with Gasteiger partial charge in [0, 0.05) is 0 Å². The number of ether oxygens (including phenoxy) is 1. The predicted octanol–water partition coefficient (Wildman–Crippen LogP) is 4.34. The van der Waals surface area contributed by atoms with Crippen LogP contribution in [0, 0.1) is 11.3 Å². The van der Waals surface area contributed by atoms with Crippen molar-refractivity contribution in [1.29, 1.82) is 5.26 Å². The fourth-order valence-corrected chi connectivity index (χ4v) is 2.57. The lowest BCUT2D eigenvalue weighted by Crippen LogP contribution is -2.27. The number of aromatic hydroxyl groups is 1. The molecule has 0 saturated heterocycles. The van der Waals surface area contributed by atoms with Crippen LogP contribution in [0.15, 0.2) is 48.6 Å². The number of nitriles is 1. The van der Waals surface area contributed by atoms with Crippen molar-refractivity contribution in [3.63, 3.8) is 0 Å². The molecule has 0 spiro atoms. The molecule has 0 aliphatic carbocycles. The highest BCUT2D eigenvalue weighted by Gasteiger charge is 2.25. The van der Waals surface area contributed by atoms with Crippen molar-refractivity contribution in [1.82, 2.24) is 0 Å². The quantitative estimate of drug-likeness (QED) is 0.671. The summed E-state index contributed by atoms with van der Waals surface area (Å²) < 4.78 is 5.78. The molecule has 0 unspecified atom stereocenters. The van der Waals surface area contributed by atoms with E-state index in [2.05, 4.69) is 0 Å². The molecule has 4 nitrogen and oxygen atoms in total. The Hall–Kier alpha value is -3.32. The second kappa shape index (κ2) is 6.29. The second-order valence-electron chi connectivity index (χ2n) is 6.34. The van der Waals surface area contributed by atoms with Gasteiger partial charge in [0.1, 0.15) is 17.1 Å². The van der Waals surface area contributed by atoms with E-state index in [1.54, 1.807) is 48.6 Å². The summed E-state index contributed by atoms with van der Waals surface area (Å²) in [5.41, 5.74) is 1.65. The summed E-state index contributed by atoms with van der Waals surface area (Å²) in [6.07, 6.45) is 6.67. The van der Waals surface area contributed by atoms with Crippen molar-refractivity contribution in [2.75, 3.05) is 0 Å². The first kappa shape index (κ1) is 16.5. The Morgan fingerprint density at radius 1 is 1.20 bits per heavy atom. The van der Waals surface area contributed by atoms with Gasteiger partial charge < -0.3 is 9.84 Å². The smallest absolute Gasteiger partial charge is 0.189 e. The van der Waals surface area contributed by atoms with E-state index in [1.807, 2.05) is 26.0 Å². The molecule has 2 aromatic carbocycles. The van der Waals surface area contributed by atoms with Gasteiger partial charge >= 0.3 is 0 Å². The first-order chi connectivity index (χ1) is 11.9. The van der Waals surface area contributed by atoms with Crippen LogP contribution in [0.1, 0.15) is 40.9 Å². The van der Waals surface area contributed by atoms with Gasteiger partial charge in [-0.3, -0.25) is 4.79 Å². The molecule has 1 N–H and O–H groups in total. The van der Waals surface area contributed by atoms with Crippen molar-refractivity contribution in [3.8, 4) is 17.6 Å². The molecule has 0 fully saturated rings. The second-order valence-corrected chi connectivity index (χ2v) is 6.34. The number of fused-ring (bicyclic) bond motifs is 1. The van der Waals surface area contributed by atoms with Crippen LogP contribution in [-0.2, 0) is 0 Å². The average Bonchev–Trinajstić information content (AvgIpc) is 2.59. The number of hydrogen-bond acceptors (Lipinski definition) is 4. The molecule has 1 heterocycles. The van der Waals surface area contributed by atoms with Gasteiger partial charge in [0.15, 0.2) is 5.78 Å². The molecule has 124 valence electrons. The van der Waals surface area contributed by atoms with Gasteiger partial charge in [-0.05, 0) is 61.9 Å². The SMILES string of the molecule is CC1(C)C=Cc2c(ccc(C(=O)/C=C/c3ccc(C#N)cc3)c2O)O1. The third-order valence-corrected chi connectivity index (χ3v) is 3.93. The zero-order valence-corrected chi connectivity index (χ0v) is 14.0. The highest BCUT2D eigenvalue weighted by atomic mass is 16.5. The molecule has 25 heavy (non-hydrogen) atoms. The van der Waals surface area contributed by atoms with Crippen molar-refractivity contribution in [2.45, 2.75) is 19.4 Å². The molecule has 3 rings (SSSR count). The standard InChI is InChI=1S/C21H17NO3/c1-21(2)12-11-17-19(25-21)10-8-16(20(17)24)18(23)9-7-14-3-5-15(13-22)6-4-14/h3-12,24H,1-2H3/b9-7+. The summed E-state index contributed by atoms with van der Waals surface area (Å²) in [7, 11) is 0. The Labute approximate surface area is 146 Å². The summed E-state index contributed by atoms with van der Waals surface area (Å²) in [6.45, 7) is 3.84. The molecular formula is C21H17NO3. The molecular weight excluding hydrogens is 314 g/mol. The number of carbonyl (C=O) groups excluding carboxylic acids is 1. The van der Waals surface area contributed by atoms with Crippen molar-refractivity contribution in [2.24, 2.45) is 0 Å². The van der Waals surface area contributed by atoms with E-state index in [0.29, 0.717) is 16.9 Å². The van der Waals surface area contributed by atoms with Gasteiger partial charge in [-0.15, -0.1) is 0 Å². The third kappa shape index (κ3) is 3.46. The molecule has 2 aromatic rings. The lowest BCUT2D eigenvalue weighted by Gasteiger charge is -2.28. The minimum Gasteiger partial charge on any atom is -0.506 e. The molecule has 1 aliphatic heterocycles. The monoisotopic (exact) mass is 331 g/mol. The molecule has 4 heteroatoms. The normalized spacial score (nSPS) is 14.6. The number of rotatable bonds is 3. The van der Waals surface area contributed by atoms with Crippen molar-refractivity contribution in [3.05, 3.63) is 70.8 Å². The number of ketones is 1. The molecule has 0 amide bonds. The van der Waals surface area contributed by atoms with E-state index in [4.69, 9.17) is 10.00 Å². The molecule has 0 saturated carbocycles. The number of phenolic OH excluding ortho intramolecular Hbond substituents is 1. The zero-order valence-electron chi connectivity index (χ0n) is 14.0. The van der Waals surface area contributed by atoms with E-state index >= 15 is 0 Å². The summed E-state index contributed by atoms with van der Waals surface area (Å²) in [4.78, 5) is 12.4. The van der Waals surface area contributed by atoms with Crippen molar-refractivity contribution < 1.29 is 14.6 Å².